The first-order chi connectivity index (χ1) is 15.2. The summed E-state index contributed by atoms with van der Waals surface area (Å²) in [6, 6.07) is 9.99. The van der Waals surface area contributed by atoms with Crippen molar-refractivity contribution >= 4 is 11.8 Å². The molecule has 8 heteroatoms. The maximum absolute atomic E-state index is 12.7. The molecule has 0 bridgehead atoms. The van der Waals surface area contributed by atoms with E-state index in [0.29, 0.717) is 36.1 Å². The SMILES string of the molecule is CCOC(Cc1ccc(OC)c(C(=O)CCCCc2ccc(C(F)(F)F)cc2)c1)C(=O)O. The van der Waals surface area contributed by atoms with Crippen LogP contribution in [-0.4, -0.2) is 36.7 Å². The van der Waals surface area contributed by atoms with Gasteiger partial charge in [0.05, 0.1) is 18.2 Å². The molecule has 0 aliphatic rings. The highest BCUT2D eigenvalue weighted by molar-refractivity contribution is 5.98. The number of aryl methyl sites for hydroxylation is 1. The van der Waals surface area contributed by atoms with Gasteiger partial charge in [0.25, 0.3) is 0 Å². The average molecular weight is 452 g/mol. The molecular weight excluding hydrogens is 425 g/mol. The Morgan fingerprint density at radius 2 is 1.69 bits per heavy atom. The number of Topliss-reactive ketones (excluding diaryl/α,β-unsaturated/α-hetero) is 1. The average Bonchev–Trinajstić information content (AvgIpc) is 2.75. The number of benzene rings is 2. The number of rotatable bonds is 12. The van der Waals surface area contributed by atoms with E-state index in [1.165, 1.54) is 19.2 Å². The van der Waals surface area contributed by atoms with Crippen LogP contribution in [-0.2, 0) is 28.5 Å². The molecule has 0 fully saturated rings. The lowest BCUT2D eigenvalue weighted by Gasteiger charge is -2.14. The number of alkyl halides is 3. The lowest BCUT2D eigenvalue weighted by atomic mass is 9.98. The van der Waals surface area contributed by atoms with Crippen LogP contribution in [0, 0.1) is 0 Å². The Labute approximate surface area is 185 Å². The second-order valence-electron chi connectivity index (χ2n) is 7.35. The summed E-state index contributed by atoms with van der Waals surface area (Å²) in [7, 11) is 1.46. The van der Waals surface area contributed by atoms with E-state index in [4.69, 9.17) is 9.47 Å². The maximum atomic E-state index is 12.7. The van der Waals surface area contributed by atoms with Gasteiger partial charge in [0.2, 0.25) is 0 Å². The van der Waals surface area contributed by atoms with E-state index in [-0.39, 0.29) is 25.2 Å². The zero-order valence-corrected chi connectivity index (χ0v) is 18.1. The summed E-state index contributed by atoms with van der Waals surface area (Å²) < 4.78 is 48.4. The van der Waals surface area contributed by atoms with Crippen molar-refractivity contribution < 1.29 is 37.3 Å². The number of ether oxygens (including phenoxy) is 2. The number of aliphatic carboxylic acids is 1. The number of carbonyl (C=O) groups excluding carboxylic acids is 1. The fraction of sp³-hybridized carbons (Fsp3) is 0.417. The van der Waals surface area contributed by atoms with Crippen LogP contribution in [0.1, 0.15) is 53.2 Å². The number of carbonyl (C=O) groups is 2. The van der Waals surface area contributed by atoms with Crippen molar-refractivity contribution in [1.29, 1.82) is 0 Å². The second-order valence-corrected chi connectivity index (χ2v) is 7.35. The predicted octanol–water partition coefficient (Wildman–Crippen LogP) is 5.34. The summed E-state index contributed by atoms with van der Waals surface area (Å²) in [6.07, 6.45) is -3.22. The molecule has 1 N–H and O–H groups in total. The van der Waals surface area contributed by atoms with Gasteiger partial charge in [0.1, 0.15) is 5.75 Å². The monoisotopic (exact) mass is 452 g/mol. The fourth-order valence-electron chi connectivity index (χ4n) is 3.34. The molecule has 0 saturated heterocycles. The second kappa shape index (κ2) is 11.7. The molecule has 0 radical (unpaired) electrons. The van der Waals surface area contributed by atoms with Gasteiger partial charge in [-0.2, -0.15) is 13.2 Å². The highest BCUT2D eigenvalue weighted by Crippen LogP contribution is 2.29. The van der Waals surface area contributed by atoms with Crippen molar-refractivity contribution in [2.45, 2.75) is 51.3 Å². The van der Waals surface area contributed by atoms with Gasteiger partial charge < -0.3 is 14.6 Å². The van der Waals surface area contributed by atoms with Crippen LogP contribution >= 0.6 is 0 Å². The smallest absolute Gasteiger partial charge is 0.416 e. The maximum Gasteiger partial charge on any atom is 0.416 e. The number of hydrogen-bond donors (Lipinski definition) is 1. The Morgan fingerprint density at radius 1 is 1.03 bits per heavy atom. The number of unbranched alkanes of at least 4 members (excludes halogenated alkanes) is 1. The Morgan fingerprint density at radius 3 is 2.25 bits per heavy atom. The molecule has 0 aromatic heterocycles. The molecular formula is C24H27F3O5. The van der Waals surface area contributed by atoms with E-state index >= 15 is 0 Å². The first-order valence-electron chi connectivity index (χ1n) is 10.4. The van der Waals surface area contributed by atoms with Crippen molar-refractivity contribution in [1.82, 2.24) is 0 Å². The van der Waals surface area contributed by atoms with E-state index in [1.807, 2.05) is 0 Å². The Bertz CT molecular complexity index is 907. The standard InChI is InChI=1S/C24H27F3O5/c1-3-32-22(23(29)30)15-17-10-13-21(31-2)19(14-17)20(28)7-5-4-6-16-8-11-18(12-9-16)24(25,26)27/h8-14,22H,3-7,15H2,1-2H3,(H,29,30). The van der Waals surface area contributed by atoms with Crippen molar-refractivity contribution in [2.24, 2.45) is 0 Å². The minimum atomic E-state index is -4.36. The summed E-state index contributed by atoms with van der Waals surface area (Å²) in [5, 5.41) is 9.26. The zero-order valence-electron chi connectivity index (χ0n) is 18.1. The van der Waals surface area contributed by atoms with E-state index in [0.717, 1.165) is 17.7 Å². The number of halogens is 3. The third-order valence-electron chi connectivity index (χ3n) is 5.03. The molecule has 0 saturated carbocycles. The molecule has 0 amide bonds. The molecule has 0 aliphatic carbocycles. The van der Waals surface area contributed by atoms with E-state index in [9.17, 15) is 27.9 Å². The van der Waals surface area contributed by atoms with Gasteiger partial charge in [-0.15, -0.1) is 0 Å². The zero-order chi connectivity index (χ0) is 23.7. The summed E-state index contributed by atoms with van der Waals surface area (Å²) in [5.41, 5.74) is 1.12. The van der Waals surface area contributed by atoms with Crippen LogP contribution in [0.15, 0.2) is 42.5 Å². The molecule has 0 heterocycles. The lowest BCUT2D eigenvalue weighted by molar-refractivity contribution is -0.150. The third kappa shape index (κ3) is 7.37. The predicted molar refractivity (Wildman–Crippen MR) is 113 cm³/mol. The van der Waals surface area contributed by atoms with Gasteiger partial charge >= 0.3 is 12.1 Å². The summed E-state index contributed by atoms with van der Waals surface area (Å²) in [6.45, 7) is 1.97. The first-order valence-corrected chi connectivity index (χ1v) is 10.4. The topological polar surface area (TPSA) is 72.8 Å². The van der Waals surface area contributed by atoms with Gasteiger partial charge in [-0.3, -0.25) is 4.79 Å². The largest absolute Gasteiger partial charge is 0.496 e. The summed E-state index contributed by atoms with van der Waals surface area (Å²) in [4.78, 5) is 24.1. The van der Waals surface area contributed by atoms with Gasteiger partial charge in [0.15, 0.2) is 11.9 Å². The molecule has 5 nitrogen and oxygen atoms in total. The van der Waals surface area contributed by atoms with Crippen molar-refractivity contribution in [3.8, 4) is 5.75 Å². The number of carboxylic acid groups (broad SMARTS) is 1. The van der Waals surface area contributed by atoms with Crippen molar-refractivity contribution in [3.05, 3.63) is 64.7 Å². The molecule has 2 rings (SSSR count). The third-order valence-corrected chi connectivity index (χ3v) is 5.03. The number of methoxy groups -OCH3 is 1. The van der Waals surface area contributed by atoms with E-state index in [1.54, 1.807) is 25.1 Å². The van der Waals surface area contributed by atoms with Gasteiger partial charge in [-0.25, -0.2) is 4.79 Å². The van der Waals surface area contributed by atoms with Crippen molar-refractivity contribution in [3.63, 3.8) is 0 Å². The summed E-state index contributed by atoms with van der Waals surface area (Å²) >= 11 is 0. The van der Waals surface area contributed by atoms with Crippen LogP contribution in [0.25, 0.3) is 0 Å². The normalized spacial score (nSPS) is 12.4. The molecule has 174 valence electrons. The number of ketones is 1. The van der Waals surface area contributed by atoms with Crippen LogP contribution in [0.4, 0.5) is 13.2 Å². The van der Waals surface area contributed by atoms with Crippen molar-refractivity contribution in [2.75, 3.05) is 13.7 Å². The molecule has 1 unspecified atom stereocenters. The van der Waals surface area contributed by atoms with Gasteiger partial charge in [-0.05, 0) is 61.6 Å². The minimum Gasteiger partial charge on any atom is -0.496 e. The Hall–Kier alpha value is -2.87. The van der Waals surface area contributed by atoms with Crippen LogP contribution in [0.3, 0.4) is 0 Å². The van der Waals surface area contributed by atoms with E-state index < -0.39 is 23.8 Å². The lowest BCUT2D eigenvalue weighted by Crippen LogP contribution is -2.26. The molecule has 1 atom stereocenters. The summed E-state index contributed by atoms with van der Waals surface area (Å²) in [5.74, 6) is -0.803. The van der Waals surface area contributed by atoms with Gasteiger partial charge in [-0.1, -0.05) is 18.2 Å². The Balaban J connectivity index is 1.96. The number of carboxylic acids is 1. The quantitative estimate of drug-likeness (QED) is 0.348. The minimum absolute atomic E-state index is 0.126. The molecule has 0 spiro atoms. The highest BCUT2D eigenvalue weighted by Gasteiger charge is 2.29. The number of hydrogen-bond acceptors (Lipinski definition) is 4. The van der Waals surface area contributed by atoms with E-state index in [2.05, 4.69) is 0 Å². The highest BCUT2D eigenvalue weighted by atomic mass is 19.4. The molecule has 32 heavy (non-hydrogen) atoms. The molecule has 2 aromatic carbocycles. The Kier molecular flexibility index (Phi) is 9.26. The van der Waals surface area contributed by atoms with Crippen LogP contribution < -0.4 is 4.74 Å². The fourth-order valence-corrected chi connectivity index (χ4v) is 3.34. The molecule has 0 aliphatic heterocycles. The first kappa shape index (κ1) is 25.4. The molecule has 2 aromatic rings. The van der Waals surface area contributed by atoms with Crippen LogP contribution in [0.2, 0.25) is 0 Å². The van der Waals surface area contributed by atoms with Gasteiger partial charge in [0, 0.05) is 19.4 Å². The van der Waals surface area contributed by atoms with Crippen LogP contribution in [0.5, 0.6) is 5.75 Å².